The molecule has 1 N–H and O–H groups in total. The summed E-state index contributed by atoms with van der Waals surface area (Å²) in [5, 5.41) is 2.48. The molecule has 0 unspecified atom stereocenters. The predicted molar refractivity (Wildman–Crippen MR) is 74.0 cm³/mol. The number of allylic oxidation sites excluding steroid dienone is 2. The molecule has 0 aliphatic rings. The van der Waals surface area contributed by atoms with E-state index in [4.69, 9.17) is 0 Å². The standard InChI is InChI=1S/C15H17NO3/c1-11(9-10-13-7-5-4-6-8-13)14(15(18)19-3)16-12(2)17/h4-10H,1-3H3,(H,16,17)/b10-9+,14-11+. The van der Waals surface area contributed by atoms with Crippen LogP contribution in [0.3, 0.4) is 0 Å². The minimum atomic E-state index is -0.564. The highest BCUT2D eigenvalue weighted by Gasteiger charge is 2.13. The maximum absolute atomic E-state index is 11.6. The molecule has 0 aliphatic carbocycles. The summed E-state index contributed by atoms with van der Waals surface area (Å²) < 4.78 is 4.64. The van der Waals surface area contributed by atoms with Crippen molar-refractivity contribution in [3.8, 4) is 0 Å². The van der Waals surface area contributed by atoms with Crippen LogP contribution in [0.25, 0.3) is 6.08 Å². The third kappa shape index (κ3) is 4.79. The second-order valence-corrected chi connectivity index (χ2v) is 3.97. The second-order valence-electron chi connectivity index (χ2n) is 3.97. The van der Waals surface area contributed by atoms with Crippen LogP contribution < -0.4 is 5.32 Å². The Hall–Kier alpha value is -2.36. The minimum Gasteiger partial charge on any atom is -0.464 e. The summed E-state index contributed by atoms with van der Waals surface area (Å²) >= 11 is 0. The lowest BCUT2D eigenvalue weighted by Gasteiger charge is -2.08. The summed E-state index contributed by atoms with van der Waals surface area (Å²) in [6, 6.07) is 9.67. The molecule has 0 spiro atoms. The van der Waals surface area contributed by atoms with Gasteiger partial charge in [-0.25, -0.2) is 4.79 Å². The number of carbonyl (C=O) groups excluding carboxylic acids is 2. The van der Waals surface area contributed by atoms with E-state index in [1.807, 2.05) is 36.4 Å². The van der Waals surface area contributed by atoms with Crippen LogP contribution in [0.2, 0.25) is 0 Å². The van der Waals surface area contributed by atoms with E-state index in [9.17, 15) is 9.59 Å². The molecule has 1 rings (SSSR count). The number of hydrogen-bond donors (Lipinski definition) is 1. The first-order valence-corrected chi connectivity index (χ1v) is 5.84. The van der Waals surface area contributed by atoms with Crippen molar-refractivity contribution in [2.75, 3.05) is 7.11 Å². The third-order valence-electron chi connectivity index (χ3n) is 2.41. The average Bonchev–Trinajstić information content (AvgIpc) is 2.42. The quantitative estimate of drug-likeness (QED) is 0.513. The maximum Gasteiger partial charge on any atom is 0.354 e. The van der Waals surface area contributed by atoms with Gasteiger partial charge in [0.05, 0.1) is 7.11 Å². The number of hydrogen-bond acceptors (Lipinski definition) is 3. The Morgan fingerprint density at radius 2 is 1.79 bits per heavy atom. The highest BCUT2D eigenvalue weighted by molar-refractivity contribution is 5.94. The van der Waals surface area contributed by atoms with E-state index in [1.165, 1.54) is 14.0 Å². The van der Waals surface area contributed by atoms with E-state index in [0.717, 1.165) is 5.56 Å². The van der Waals surface area contributed by atoms with E-state index in [1.54, 1.807) is 13.0 Å². The fraction of sp³-hybridized carbons (Fsp3) is 0.200. The van der Waals surface area contributed by atoms with Crippen LogP contribution in [0, 0.1) is 0 Å². The molecule has 0 bridgehead atoms. The van der Waals surface area contributed by atoms with Crippen LogP contribution in [0.4, 0.5) is 0 Å². The number of carbonyl (C=O) groups is 2. The highest BCUT2D eigenvalue weighted by Crippen LogP contribution is 2.09. The molecule has 0 saturated heterocycles. The first-order chi connectivity index (χ1) is 9.04. The summed E-state index contributed by atoms with van der Waals surface area (Å²) in [5.41, 5.74) is 1.79. The van der Waals surface area contributed by atoms with Gasteiger partial charge in [0.2, 0.25) is 5.91 Å². The number of ether oxygens (including phenoxy) is 1. The number of amides is 1. The minimum absolute atomic E-state index is 0.155. The molecule has 4 heteroatoms. The number of benzene rings is 1. The summed E-state index contributed by atoms with van der Waals surface area (Å²) in [6.07, 6.45) is 3.62. The molecule has 19 heavy (non-hydrogen) atoms. The van der Waals surface area contributed by atoms with Gasteiger partial charge in [-0.15, -0.1) is 0 Å². The number of rotatable bonds is 4. The average molecular weight is 259 g/mol. The van der Waals surface area contributed by atoms with Crippen molar-refractivity contribution in [1.29, 1.82) is 0 Å². The lowest BCUT2D eigenvalue weighted by molar-refractivity contribution is -0.137. The molecular weight excluding hydrogens is 242 g/mol. The maximum atomic E-state index is 11.6. The number of esters is 1. The normalized spacial score (nSPS) is 11.9. The zero-order valence-corrected chi connectivity index (χ0v) is 11.3. The van der Waals surface area contributed by atoms with Gasteiger partial charge < -0.3 is 10.1 Å². The van der Waals surface area contributed by atoms with Crippen molar-refractivity contribution in [3.63, 3.8) is 0 Å². The molecule has 1 amide bonds. The summed E-state index contributed by atoms with van der Waals surface area (Å²) in [6.45, 7) is 3.08. The molecule has 1 aromatic carbocycles. The molecule has 100 valence electrons. The molecule has 0 atom stereocenters. The van der Waals surface area contributed by atoms with Crippen LogP contribution in [-0.4, -0.2) is 19.0 Å². The van der Waals surface area contributed by atoms with E-state index >= 15 is 0 Å². The molecule has 0 saturated carbocycles. The molecule has 0 fully saturated rings. The van der Waals surface area contributed by atoms with Crippen LogP contribution in [0.5, 0.6) is 0 Å². The first kappa shape index (κ1) is 14.7. The van der Waals surface area contributed by atoms with Gasteiger partial charge in [0, 0.05) is 6.92 Å². The first-order valence-electron chi connectivity index (χ1n) is 5.84. The van der Waals surface area contributed by atoms with Crippen LogP contribution in [0.15, 0.2) is 47.7 Å². The van der Waals surface area contributed by atoms with E-state index in [0.29, 0.717) is 5.57 Å². The van der Waals surface area contributed by atoms with Crippen molar-refractivity contribution in [2.24, 2.45) is 0 Å². The lowest BCUT2D eigenvalue weighted by Crippen LogP contribution is -2.26. The van der Waals surface area contributed by atoms with Crippen molar-refractivity contribution < 1.29 is 14.3 Å². The monoisotopic (exact) mass is 259 g/mol. The Balaban J connectivity index is 2.99. The van der Waals surface area contributed by atoms with E-state index in [2.05, 4.69) is 10.1 Å². The Labute approximate surface area is 112 Å². The molecule has 1 aromatic rings. The van der Waals surface area contributed by atoms with Crippen molar-refractivity contribution in [2.45, 2.75) is 13.8 Å². The Kier molecular flexibility index (Phi) is 5.54. The topological polar surface area (TPSA) is 55.4 Å². The van der Waals surface area contributed by atoms with Crippen molar-refractivity contribution in [1.82, 2.24) is 5.32 Å². The smallest absolute Gasteiger partial charge is 0.354 e. The molecule has 0 radical (unpaired) electrons. The Morgan fingerprint density at radius 3 is 2.32 bits per heavy atom. The van der Waals surface area contributed by atoms with Gasteiger partial charge >= 0.3 is 5.97 Å². The fourth-order valence-corrected chi connectivity index (χ4v) is 1.46. The largest absolute Gasteiger partial charge is 0.464 e. The predicted octanol–water partition coefficient (Wildman–Crippen LogP) is 2.28. The molecule has 0 aromatic heterocycles. The van der Waals surface area contributed by atoms with Crippen molar-refractivity contribution in [3.05, 3.63) is 53.2 Å². The zero-order chi connectivity index (χ0) is 14.3. The van der Waals surface area contributed by atoms with Gasteiger partial charge in [-0.05, 0) is 18.1 Å². The highest BCUT2D eigenvalue weighted by atomic mass is 16.5. The van der Waals surface area contributed by atoms with Crippen LogP contribution in [0.1, 0.15) is 19.4 Å². The van der Waals surface area contributed by atoms with Gasteiger partial charge in [-0.3, -0.25) is 4.79 Å². The van der Waals surface area contributed by atoms with Gasteiger partial charge in [-0.1, -0.05) is 42.5 Å². The summed E-state index contributed by atoms with van der Waals surface area (Å²) in [5.74, 6) is -0.877. The SMILES string of the molecule is COC(=O)/C(NC(C)=O)=C(C)\C=C\c1ccccc1. The zero-order valence-electron chi connectivity index (χ0n) is 11.3. The van der Waals surface area contributed by atoms with Crippen molar-refractivity contribution >= 4 is 18.0 Å². The number of methoxy groups -OCH3 is 1. The van der Waals surface area contributed by atoms with E-state index in [-0.39, 0.29) is 11.6 Å². The summed E-state index contributed by atoms with van der Waals surface area (Å²) in [4.78, 5) is 22.6. The Morgan fingerprint density at radius 1 is 1.16 bits per heavy atom. The fourth-order valence-electron chi connectivity index (χ4n) is 1.46. The lowest BCUT2D eigenvalue weighted by atomic mass is 10.1. The summed E-state index contributed by atoms with van der Waals surface area (Å²) in [7, 11) is 1.28. The van der Waals surface area contributed by atoms with Gasteiger partial charge in [-0.2, -0.15) is 0 Å². The van der Waals surface area contributed by atoms with Crippen LogP contribution >= 0.6 is 0 Å². The third-order valence-corrected chi connectivity index (χ3v) is 2.41. The van der Waals surface area contributed by atoms with E-state index < -0.39 is 5.97 Å². The van der Waals surface area contributed by atoms with Gasteiger partial charge in [0.1, 0.15) is 5.70 Å². The Bertz CT molecular complexity index is 515. The van der Waals surface area contributed by atoms with Gasteiger partial charge in [0.25, 0.3) is 0 Å². The molecular formula is C15H17NO3. The number of nitrogens with one attached hydrogen (secondary N) is 1. The molecule has 0 heterocycles. The molecule has 4 nitrogen and oxygen atoms in total. The molecule has 0 aliphatic heterocycles. The second kappa shape index (κ2) is 7.16. The van der Waals surface area contributed by atoms with Gasteiger partial charge in [0.15, 0.2) is 0 Å². The van der Waals surface area contributed by atoms with Crippen LogP contribution in [-0.2, 0) is 14.3 Å².